The van der Waals surface area contributed by atoms with Crippen molar-refractivity contribution >= 4 is 5.78 Å². The van der Waals surface area contributed by atoms with E-state index < -0.39 is 0 Å². The predicted molar refractivity (Wildman–Crippen MR) is 152 cm³/mol. The third-order valence-electron chi connectivity index (χ3n) is 7.02. The number of carbonyl (C=O) groups excluding carboxylic acids is 1. The Bertz CT molecular complexity index is 815. The van der Waals surface area contributed by atoms with Crippen molar-refractivity contribution in [1.29, 1.82) is 0 Å². The molecule has 2 rings (SSSR count). The van der Waals surface area contributed by atoms with Crippen molar-refractivity contribution in [2.75, 3.05) is 6.61 Å². The number of aromatic hydroxyl groups is 1. The highest BCUT2D eigenvalue weighted by Gasteiger charge is 2.14. The first kappa shape index (κ1) is 29.9. The van der Waals surface area contributed by atoms with Gasteiger partial charge in [0, 0.05) is 11.6 Å². The van der Waals surface area contributed by atoms with E-state index in [1.165, 1.54) is 109 Å². The van der Waals surface area contributed by atoms with Crippen LogP contribution in [0.3, 0.4) is 0 Å². The van der Waals surface area contributed by atoms with Crippen LogP contribution >= 0.6 is 0 Å². The monoisotopic (exact) mass is 494 g/mol. The van der Waals surface area contributed by atoms with Gasteiger partial charge in [-0.15, -0.1) is 0 Å². The van der Waals surface area contributed by atoms with Gasteiger partial charge >= 0.3 is 0 Å². The summed E-state index contributed by atoms with van der Waals surface area (Å²) in [5.41, 5.74) is 0.877. The molecule has 0 aliphatic carbocycles. The molecule has 2 aromatic rings. The smallest absolute Gasteiger partial charge is 0.196 e. The number of carbonyl (C=O) groups is 1. The SMILES string of the molecule is CCCCCCCCCCCCCCCCCCCCOc1ccc(C(=O)c2ccccc2)c(O)c1. The minimum absolute atomic E-state index is 0.0286. The average Bonchev–Trinajstić information content (AvgIpc) is 2.90. The lowest BCUT2D eigenvalue weighted by atomic mass is 10.0. The molecule has 0 radical (unpaired) electrons. The zero-order chi connectivity index (χ0) is 25.7. The van der Waals surface area contributed by atoms with E-state index >= 15 is 0 Å². The summed E-state index contributed by atoms with van der Waals surface area (Å²) in [6.45, 7) is 2.93. The van der Waals surface area contributed by atoms with Crippen molar-refractivity contribution in [2.24, 2.45) is 0 Å². The van der Waals surface area contributed by atoms with Gasteiger partial charge in [0.25, 0.3) is 0 Å². The molecule has 3 heteroatoms. The fraction of sp³-hybridized carbons (Fsp3) is 0.606. The second kappa shape index (κ2) is 19.8. The number of unbranched alkanes of at least 4 members (excludes halogenated alkanes) is 17. The molecule has 1 N–H and O–H groups in total. The number of phenols is 1. The van der Waals surface area contributed by atoms with Crippen LogP contribution in [0.25, 0.3) is 0 Å². The molecule has 0 spiro atoms. The molecule has 0 aromatic heterocycles. The summed E-state index contributed by atoms with van der Waals surface area (Å²) in [7, 11) is 0. The summed E-state index contributed by atoms with van der Waals surface area (Å²) in [6.07, 6.45) is 24.6. The van der Waals surface area contributed by atoms with Crippen LogP contribution < -0.4 is 4.74 Å². The molecule has 3 nitrogen and oxygen atoms in total. The Balaban J connectivity index is 1.39. The molecule has 0 bridgehead atoms. The van der Waals surface area contributed by atoms with E-state index in [-0.39, 0.29) is 11.5 Å². The molecule has 2 aromatic carbocycles. The van der Waals surface area contributed by atoms with Crippen molar-refractivity contribution in [3.8, 4) is 11.5 Å². The third-order valence-corrected chi connectivity index (χ3v) is 7.02. The Hall–Kier alpha value is -2.29. The fourth-order valence-corrected chi connectivity index (χ4v) is 4.73. The molecule has 0 fully saturated rings. The maximum absolute atomic E-state index is 12.5. The highest BCUT2D eigenvalue weighted by atomic mass is 16.5. The van der Waals surface area contributed by atoms with Gasteiger partial charge in [0.2, 0.25) is 0 Å². The van der Waals surface area contributed by atoms with E-state index in [9.17, 15) is 9.90 Å². The molecule has 0 aliphatic heterocycles. The van der Waals surface area contributed by atoms with Crippen molar-refractivity contribution in [1.82, 2.24) is 0 Å². The molecule has 0 saturated heterocycles. The van der Waals surface area contributed by atoms with Crippen LogP contribution in [0.1, 0.15) is 138 Å². The molecule has 0 saturated carbocycles. The average molecular weight is 495 g/mol. The first-order valence-corrected chi connectivity index (χ1v) is 14.8. The highest BCUT2D eigenvalue weighted by Crippen LogP contribution is 2.26. The Morgan fingerprint density at radius 2 is 1.11 bits per heavy atom. The molecule has 36 heavy (non-hydrogen) atoms. The van der Waals surface area contributed by atoms with E-state index in [2.05, 4.69) is 6.92 Å². The summed E-state index contributed by atoms with van der Waals surface area (Å²) in [5, 5.41) is 10.3. The standard InChI is InChI=1S/C33H50O3/c1-2-3-4-5-6-7-8-9-10-11-12-13-14-15-16-17-18-22-27-36-30-25-26-31(32(34)28-30)33(35)29-23-20-19-21-24-29/h19-21,23-26,28,34H,2-18,22,27H2,1H3. The highest BCUT2D eigenvalue weighted by molar-refractivity contribution is 6.10. The number of hydrogen-bond donors (Lipinski definition) is 1. The first-order valence-electron chi connectivity index (χ1n) is 14.8. The lowest BCUT2D eigenvalue weighted by molar-refractivity contribution is 0.103. The van der Waals surface area contributed by atoms with Crippen LogP contribution in [0.2, 0.25) is 0 Å². The molecule has 0 unspecified atom stereocenters. The quantitative estimate of drug-likeness (QED) is 0.131. The third kappa shape index (κ3) is 13.1. The van der Waals surface area contributed by atoms with Crippen molar-refractivity contribution in [2.45, 2.75) is 122 Å². The van der Waals surface area contributed by atoms with Gasteiger partial charge in [0.05, 0.1) is 12.2 Å². The summed E-state index contributed by atoms with van der Waals surface area (Å²) in [6, 6.07) is 14.0. The van der Waals surface area contributed by atoms with Gasteiger partial charge in [-0.1, -0.05) is 146 Å². The lowest BCUT2D eigenvalue weighted by Gasteiger charge is -2.09. The van der Waals surface area contributed by atoms with Crippen molar-refractivity contribution < 1.29 is 14.6 Å². The number of hydrogen-bond acceptors (Lipinski definition) is 3. The molecular weight excluding hydrogens is 444 g/mol. The maximum Gasteiger partial charge on any atom is 0.196 e. The van der Waals surface area contributed by atoms with E-state index in [0.29, 0.717) is 23.5 Å². The molecule has 200 valence electrons. The number of benzene rings is 2. The van der Waals surface area contributed by atoms with Gasteiger partial charge < -0.3 is 9.84 Å². The van der Waals surface area contributed by atoms with Gasteiger partial charge in [-0.2, -0.15) is 0 Å². The van der Waals surface area contributed by atoms with Gasteiger partial charge in [-0.05, 0) is 18.6 Å². The summed E-state index contributed by atoms with van der Waals surface area (Å²) in [4.78, 5) is 12.5. The van der Waals surface area contributed by atoms with E-state index in [1.807, 2.05) is 18.2 Å². The van der Waals surface area contributed by atoms with Crippen molar-refractivity contribution in [3.05, 3.63) is 59.7 Å². The number of phenolic OH excluding ortho intramolecular Hbond substituents is 1. The molecule has 0 aliphatic rings. The Kier molecular flexibility index (Phi) is 16.5. The molecule has 0 amide bonds. The van der Waals surface area contributed by atoms with Crippen LogP contribution in [-0.4, -0.2) is 17.5 Å². The normalized spacial score (nSPS) is 11.0. The number of ketones is 1. The first-order chi connectivity index (χ1) is 17.7. The van der Waals surface area contributed by atoms with Crippen LogP contribution in [0.4, 0.5) is 0 Å². The van der Waals surface area contributed by atoms with Gasteiger partial charge in [-0.25, -0.2) is 0 Å². The summed E-state index contributed by atoms with van der Waals surface area (Å²) < 4.78 is 5.78. The second-order valence-electron chi connectivity index (χ2n) is 10.2. The van der Waals surface area contributed by atoms with E-state index in [1.54, 1.807) is 30.3 Å². The molecular formula is C33H50O3. The Labute approximate surface area is 220 Å². The Morgan fingerprint density at radius 3 is 1.58 bits per heavy atom. The topological polar surface area (TPSA) is 46.5 Å². The fourth-order valence-electron chi connectivity index (χ4n) is 4.73. The number of ether oxygens (including phenoxy) is 1. The van der Waals surface area contributed by atoms with Crippen LogP contribution in [0.15, 0.2) is 48.5 Å². The van der Waals surface area contributed by atoms with Gasteiger partial charge in [0.15, 0.2) is 5.78 Å². The lowest BCUT2D eigenvalue weighted by Crippen LogP contribution is -2.02. The number of rotatable bonds is 22. The van der Waals surface area contributed by atoms with Crippen LogP contribution in [0, 0.1) is 0 Å². The summed E-state index contributed by atoms with van der Waals surface area (Å²) >= 11 is 0. The Morgan fingerprint density at radius 1 is 0.639 bits per heavy atom. The van der Waals surface area contributed by atoms with Crippen LogP contribution in [-0.2, 0) is 0 Å². The van der Waals surface area contributed by atoms with Gasteiger partial charge in [-0.3, -0.25) is 4.79 Å². The molecule has 0 heterocycles. The van der Waals surface area contributed by atoms with E-state index in [4.69, 9.17) is 4.74 Å². The van der Waals surface area contributed by atoms with Crippen LogP contribution in [0.5, 0.6) is 11.5 Å². The summed E-state index contributed by atoms with van der Waals surface area (Å²) in [5.74, 6) is 0.409. The predicted octanol–water partition coefficient (Wildman–Crippen LogP) is 10.0. The largest absolute Gasteiger partial charge is 0.507 e. The van der Waals surface area contributed by atoms with E-state index in [0.717, 1.165) is 6.42 Å². The minimum Gasteiger partial charge on any atom is -0.507 e. The zero-order valence-electron chi connectivity index (χ0n) is 22.8. The second-order valence-corrected chi connectivity index (χ2v) is 10.2. The minimum atomic E-state index is -0.178. The molecule has 0 atom stereocenters. The van der Waals surface area contributed by atoms with Crippen molar-refractivity contribution in [3.63, 3.8) is 0 Å². The zero-order valence-corrected chi connectivity index (χ0v) is 22.8. The maximum atomic E-state index is 12.5. The van der Waals surface area contributed by atoms with Gasteiger partial charge in [0.1, 0.15) is 11.5 Å².